The second-order valence-corrected chi connectivity index (χ2v) is 9.39. The molecule has 0 amide bonds. The van der Waals surface area contributed by atoms with Crippen LogP contribution in [0.4, 0.5) is 0 Å². The van der Waals surface area contributed by atoms with E-state index in [-0.39, 0.29) is 0 Å². The zero-order valence-electron chi connectivity index (χ0n) is 15.5. The summed E-state index contributed by atoms with van der Waals surface area (Å²) in [6.45, 7) is 14.5. The summed E-state index contributed by atoms with van der Waals surface area (Å²) < 4.78 is 12.6. The first-order chi connectivity index (χ1) is 10.1. The van der Waals surface area contributed by atoms with Crippen LogP contribution in [0.2, 0.25) is 0 Å². The molecule has 0 heterocycles. The topological polar surface area (TPSA) is 67.6 Å². The zero-order valence-corrected chi connectivity index (χ0v) is 16.4. The molecule has 0 rings (SSSR count). The van der Waals surface area contributed by atoms with Crippen LogP contribution in [0.15, 0.2) is 0 Å². The summed E-state index contributed by atoms with van der Waals surface area (Å²) in [5, 5.41) is 2.97. The largest absolute Gasteiger partial charge is 0.301 e. The van der Waals surface area contributed by atoms with Gasteiger partial charge in [-0.25, -0.2) is 5.09 Å². The summed E-state index contributed by atoms with van der Waals surface area (Å²) in [5.74, 6) is 1.50. The van der Waals surface area contributed by atoms with Crippen molar-refractivity contribution in [3.8, 4) is 0 Å². The van der Waals surface area contributed by atoms with Gasteiger partial charge in [-0.1, -0.05) is 60.8 Å². The molecule has 0 aliphatic carbocycles. The second kappa shape index (κ2) is 11.6. The van der Waals surface area contributed by atoms with Crippen LogP contribution >= 0.6 is 7.59 Å². The quantitative estimate of drug-likeness (QED) is 0.296. The highest BCUT2D eigenvalue weighted by Gasteiger charge is 2.27. The van der Waals surface area contributed by atoms with E-state index in [2.05, 4.69) is 46.6 Å². The normalized spacial score (nSPS) is 15.2. The van der Waals surface area contributed by atoms with Crippen LogP contribution in [0.5, 0.6) is 0 Å². The Labute approximate surface area is 137 Å². The van der Waals surface area contributed by atoms with Crippen molar-refractivity contribution in [1.29, 1.82) is 0 Å². The monoisotopic (exact) mass is 335 g/mol. The molecule has 0 bridgehead atoms. The van der Waals surface area contributed by atoms with E-state index in [1.165, 1.54) is 17.7 Å². The van der Waals surface area contributed by atoms with Crippen LogP contribution in [0.1, 0.15) is 67.2 Å². The van der Waals surface area contributed by atoms with Gasteiger partial charge in [-0.2, -0.15) is 0 Å². The predicted octanol–water partition coefficient (Wildman–Crippen LogP) is 4.40. The maximum atomic E-state index is 12.6. The molecular weight excluding hydrogens is 297 g/mol. The summed E-state index contributed by atoms with van der Waals surface area (Å²) >= 11 is 0. The zero-order chi connectivity index (χ0) is 17.2. The molecule has 134 valence electrons. The number of hydrogen-bond donors (Lipinski definition) is 2. The molecule has 0 aromatic rings. The summed E-state index contributed by atoms with van der Waals surface area (Å²) in [6.07, 6.45) is 4.59. The fourth-order valence-electron chi connectivity index (χ4n) is 1.97. The first-order valence-corrected chi connectivity index (χ1v) is 10.4. The van der Waals surface area contributed by atoms with Crippen LogP contribution in [0, 0.1) is 17.8 Å². The summed E-state index contributed by atoms with van der Waals surface area (Å²) in [6, 6.07) is 0. The third kappa shape index (κ3) is 11.6. The second-order valence-electron chi connectivity index (χ2n) is 7.38. The average molecular weight is 335 g/mol. The van der Waals surface area contributed by atoms with Gasteiger partial charge in [0.25, 0.3) is 0 Å². The third-order valence-electron chi connectivity index (χ3n) is 3.24. The molecule has 6 heteroatoms. The van der Waals surface area contributed by atoms with E-state index in [0.717, 1.165) is 18.8 Å². The van der Waals surface area contributed by atoms with Crippen LogP contribution in [-0.4, -0.2) is 24.5 Å². The molecule has 22 heavy (non-hydrogen) atoms. The van der Waals surface area contributed by atoms with Crippen molar-refractivity contribution in [2.75, 3.05) is 19.7 Å². The van der Waals surface area contributed by atoms with Crippen molar-refractivity contribution in [3.63, 3.8) is 0 Å². The van der Waals surface area contributed by atoms with Crippen molar-refractivity contribution in [1.82, 2.24) is 9.92 Å². The number of nitrogens with two attached hydrogens (primary N) is 1. The van der Waals surface area contributed by atoms with Gasteiger partial charge in [0, 0.05) is 13.1 Å². The van der Waals surface area contributed by atoms with Crippen molar-refractivity contribution < 1.29 is 9.40 Å². The number of nitrogens with one attached hydrogen (secondary N) is 1. The minimum atomic E-state index is -3.12. The molecule has 0 saturated heterocycles. The fourth-order valence-corrected chi connectivity index (χ4v) is 3.57. The van der Waals surface area contributed by atoms with Crippen molar-refractivity contribution in [3.05, 3.63) is 0 Å². The van der Waals surface area contributed by atoms with Gasteiger partial charge in [-0.3, -0.25) is 14.9 Å². The smallest absolute Gasteiger partial charge is 0.290 e. The van der Waals surface area contributed by atoms with Gasteiger partial charge < -0.3 is 0 Å². The number of hydroxylamine groups is 1. The highest BCUT2D eigenvalue weighted by molar-refractivity contribution is 7.56. The van der Waals surface area contributed by atoms with Crippen molar-refractivity contribution in [2.24, 2.45) is 23.3 Å². The molecule has 0 aliphatic heterocycles. The fraction of sp³-hybridized carbons (Fsp3) is 1.00. The number of nitrogens with zero attached hydrogens (tertiary/aromatic N) is 1. The van der Waals surface area contributed by atoms with Gasteiger partial charge >= 0.3 is 7.59 Å². The Morgan fingerprint density at radius 3 is 2.14 bits per heavy atom. The molecule has 1 unspecified atom stereocenters. The van der Waals surface area contributed by atoms with Crippen molar-refractivity contribution >= 4 is 7.59 Å². The van der Waals surface area contributed by atoms with Gasteiger partial charge in [0.15, 0.2) is 0 Å². The molecule has 0 radical (unpaired) electrons. The van der Waals surface area contributed by atoms with E-state index in [1.54, 1.807) is 0 Å². The van der Waals surface area contributed by atoms with Crippen molar-refractivity contribution in [2.45, 2.75) is 67.2 Å². The standard InChI is InChI=1S/C16H38N3O2P/c1-14(2)10-8-7-9-11-21-19(13-16(5)6)22(17,20)18-12-15(3)4/h14-16H,7-13H2,1-6H3,(H3,17,18,20). The van der Waals surface area contributed by atoms with E-state index >= 15 is 0 Å². The Morgan fingerprint density at radius 2 is 1.64 bits per heavy atom. The lowest BCUT2D eigenvalue weighted by Crippen LogP contribution is -2.36. The maximum absolute atomic E-state index is 12.6. The Morgan fingerprint density at radius 1 is 1.00 bits per heavy atom. The van der Waals surface area contributed by atoms with E-state index in [0.29, 0.717) is 31.5 Å². The minimum Gasteiger partial charge on any atom is -0.290 e. The molecule has 0 saturated carbocycles. The molecule has 0 aromatic carbocycles. The molecule has 0 spiro atoms. The lowest BCUT2D eigenvalue weighted by Gasteiger charge is -2.29. The SMILES string of the molecule is CC(C)CCCCCON(CC(C)C)P(N)(=O)NCC(C)C. The molecule has 5 nitrogen and oxygen atoms in total. The number of unbranched alkanes of at least 4 members (excludes halogenated alkanes) is 2. The summed E-state index contributed by atoms with van der Waals surface area (Å²) in [7, 11) is -3.12. The van der Waals surface area contributed by atoms with E-state index in [9.17, 15) is 4.57 Å². The van der Waals surface area contributed by atoms with Gasteiger partial charge in [0.2, 0.25) is 0 Å². The van der Waals surface area contributed by atoms with E-state index in [4.69, 9.17) is 10.3 Å². The van der Waals surface area contributed by atoms with Crippen LogP contribution in [-0.2, 0) is 9.40 Å². The number of rotatable bonds is 13. The Bertz CT molecular complexity index is 323. The summed E-state index contributed by atoms with van der Waals surface area (Å²) in [5.41, 5.74) is 5.98. The van der Waals surface area contributed by atoms with Gasteiger partial charge in [0.05, 0.1) is 6.61 Å². The molecule has 0 fully saturated rings. The number of hydrogen-bond acceptors (Lipinski definition) is 2. The maximum Gasteiger partial charge on any atom is 0.301 e. The Hall–Kier alpha value is 0.0700. The summed E-state index contributed by atoms with van der Waals surface area (Å²) in [4.78, 5) is 7.23. The van der Waals surface area contributed by atoms with Gasteiger partial charge in [0.1, 0.15) is 0 Å². The first-order valence-electron chi connectivity index (χ1n) is 8.69. The lowest BCUT2D eigenvalue weighted by molar-refractivity contribution is -0.0961. The minimum absolute atomic E-state index is 0.346. The molecule has 3 N–H and O–H groups in total. The third-order valence-corrected chi connectivity index (χ3v) is 4.82. The lowest BCUT2D eigenvalue weighted by atomic mass is 10.1. The highest BCUT2D eigenvalue weighted by atomic mass is 31.2. The molecule has 0 aromatic heterocycles. The van der Waals surface area contributed by atoms with E-state index in [1.807, 2.05) is 0 Å². The predicted molar refractivity (Wildman–Crippen MR) is 95.4 cm³/mol. The van der Waals surface area contributed by atoms with Gasteiger partial charge in [-0.05, 0) is 24.2 Å². The molecular formula is C16H38N3O2P. The first kappa shape index (κ1) is 22.1. The Balaban J connectivity index is 4.24. The molecule has 0 aliphatic rings. The van der Waals surface area contributed by atoms with Crippen LogP contribution < -0.4 is 10.6 Å². The average Bonchev–Trinajstić information content (AvgIpc) is 2.38. The Kier molecular flexibility index (Phi) is 11.6. The molecule has 1 atom stereocenters. The highest BCUT2D eigenvalue weighted by Crippen LogP contribution is 2.37. The van der Waals surface area contributed by atoms with Gasteiger partial charge in [-0.15, -0.1) is 4.83 Å². The van der Waals surface area contributed by atoms with E-state index < -0.39 is 7.59 Å². The van der Waals surface area contributed by atoms with Crippen LogP contribution in [0.3, 0.4) is 0 Å². The van der Waals surface area contributed by atoms with Crippen LogP contribution in [0.25, 0.3) is 0 Å².